The van der Waals surface area contributed by atoms with Crippen LogP contribution in [0.4, 0.5) is 8.78 Å². The van der Waals surface area contributed by atoms with Gasteiger partial charge in [-0.1, -0.05) is 18.2 Å². The first-order chi connectivity index (χ1) is 24.5. The van der Waals surface area contributed by atoms with Crippen LogP contribution >= 0.6 is 0 Å². The fourth-order valence-corrected chi connectivity index (χ4v) is 7.53. The highest BCUT2D eigenvalue weighted by Gasteiger charge is 2.27. The molecule has 51 heavy (non-hydrogen) atoms. The second-order valence-electron chi connectivity index (χ2n) is 13.8. The van der Waals surface area contributed by atoms with Gasteiger partial charge in [0.1, 0.15) is 23.0 Å². The first kappa shape index (κ1) is 34.3. The van der Waals surface area contributed by atoms with Gasteiger partial charge in [-0.3, -0.25) is 14.3 Å². The van der Waals surface area contributed by atoms with E-state index in [4.69, 9.17) is 0 Å². The molecular formula is C39H40F2N6O4. The van der Waals surface area contributed by atoms with Gasteiger partial charge in [0.25, 0.3) is 5.56 Å². The Bertz CT molecular complexity index is 2340. The molecule has 4 heterocycles. The van der Waals surface area contributed by atoms with Gasteiger partial charge in [-0.2, -0.15) is 0 Å². The number of aryl methyl sites for hydroxylation is 1. The average molecular weight is 695 g/mol. The molecule has 0 radical (unpaired) electrons. The van der Waals surface area contributed by atoms with Crippen LogP contribution in [0.15, 0.2) is 88.8 Å². The molecule has 7 rings (SSSR count). The molecule has 1 fully saturated rings. The number of phenols is 1. The van der Waals surface area contributed by atoms with E-state index in [-0.39, 0.29) is 28.6 Å². The van der Waals surface area contributed by atoms with E-state index >= 15 is 0 Å². The number of hydrogen-bond acceptors (Lipinski definition) is 7. The maximum absolute atomic E-state index is 14.6. The van der Waals surface area contributed by atoms with Crippen molar-refractivity contribution in [3.05, 3.63) is 123 Å². The molecule has 6 aromatic rings. The number of imidazole rings is 1. The molecule has 264 valence electrons. The van der Waals surface area contributed by atoms with E-state index in [1.54, 1.807) is 35.6 Å². The number of hydrogen-bond donors (Lipinski definition) is 2. The Labute approximate surface area is 292 Å². The van der Waals surface area contributed by atoms with Crippen molar-refractivity contribution in [3.63, 3.8) is 0 Å². The molecule has 0 unspecified atom stereocenters. The van der Waals surface area contributed by atoms with Gasteiger partial charge in [-0.25, -0.2) is 28.1 Å². The minimum absolute atomic E-state index is 0.0236. The molecule has 2 N–H and O–H groups in total. The minimum atomic E-state index is -0.668. The third-order valence-electron chi connectivity index (χ3n) is 9.87. The van der Waals surface area contributed by atoms with Crippen LogP contribution in [0.5, 0.6) is 5.75 Å². The predicted molar refractivity (Wildman–Crippen MR) is 191 cm³/mol. The molecular weight excluding hydrogens is 654 g/mol. The van der Waals surface area contributed by atoms with E-state index in [1.165, 1.54) is 21.4 Å². The first-order valence-electron chi connectivity index (χ1n) is 17.3. The Morgan fingerprint density at radius 2 is 1.78 bits per heavy atom. The molecule has 2 aromatic carbocycles. The summed E-state index contributed by atoms with van der Waals surface area (Å²) in [5.41, 5.74) is 3.45. The van der Waals surface area contributed by atoms with Crippen LogP contribution in [-0.2, 0) is 13.0 Å². The van der Waals surface area contributed by atoms with E-state index in [1.807, 2.05) is 42.4 Å². The molecule has 4 aromatic heterocycles. The van der Waals surface area contributed by atoms with Gasteiger partial charge < -0.3 is 14.6 Å². The lowest BCUT2D eigenvalue weighted by Crippen LogP contribution is -2.43. The predicted octanol–water partition coefficient (Wildman–Crippen LogP) is 6.02. The van der Waals surface area contributed by atoms with Crippen molar-refractivity contribution in [2.75, 3.05) is 13.6 Å². The minimum Gasteiger partial charge on any atom is -0.508 e. The fraction of sp³-hybridized carbons (Fsp3) is 0.333. The van der Waals surface area contributed by atoms with Crippen LogP contribution in [0.25, 0.3) is 33.5 Å². The van der Waals surface area contributed by atoms with Crippen molar-refractivity contribution < 1.29 is 19.0 Å². The van der Waals surface area contributed by atoms with Gasteiger partial charge in [0.2, 0.25) is 0 Å². The number of aliphatic hydroxyl groups is 1. The molecule has 12 heteroatoms. The van der Waals surface area contributed by atoms with Crippen LogP contribution in [-0.4, -0.2) is 58.3 Å². The molecule has 1 aliphatic carbocycles. The Balaban J connectivity index is 1.19. The third-order valence-corrected chi connectivity index (χ3v) is 9.87. The summed E-state index contributed by atoms with van der Waals surface area (Å²) in [6, 6.07) is 16.2. The fourth-order valence-electron chi connectivity index (χ4n) is 7.53. The van der Waals surface area contributed by atoms with Crippen molar-refractivity contribution in [1.29, 1.82) is 0 Å². The third kappa shape index (κ3) is 7.19. The lowest BCUT2D eigenvalue weighted by molar-refractivity contribution is 0.138. The number of halogens is 2. The highest BCUT2D eigenvalue weighted by molar-refractivity contribution is 5.77. The normalized spacial score (nSPS) is 17.1. The summed E-state index contributed by atoms with van der Waals surface area (Å²) in [6.45, 7) is 2.60. The van der Waals surface area contributed by atoms with Crippen LogP contribution < -0.4 is 11.2 Å². The monoisotopic (exact) mass is 694 g/mol. The van der Waals surface area contributed by atoms with Crippen molar-refractivity contribution in [3.8, 4) is 22.6 Å². The summed E-state index contributed by atoms with van der Waals surface area (Å²) in [4.78, 5) is 39.1. The number of fused-ring (bicyclic) bond motifs is 2. The van der Waals surface area contributed by atoms with E-state index in [0.29, 0.717) is 43.2 Å². The van der Waals surface area contributed by atoms with Gasteiger partial charge in [-0.15, -0.1) is 0 Å². The summed E-state index contributed by atoms with van der Waals surface area (Å²) in [6.07, 6.45) is 8.19. The second-order valence-corrected chi connectivity index (χ2v) is 13.8. The van der Waals surface area contributed by atoms with E-state index in [0.717, 1.165) is 60.3 Å². The SMILES string of the molecule is C[C@H](O)CN(C)Cc1cc(O)ccc1-c1cccc(-n2c(=O)n(C3CCC(CCc4cn5cc(F)ccc5n4)CC3)c(=O)c3cc(F)cnc32)c1. The van der Waals surface area contributed by atoms with Gasteiger partial charge in [0, 0.05) is 31.5 Å². The maximum atomic E-state index is 14.6. The zero-order valence-corrected chi connectivity index (χ0v) is 28.5. The molecule has 0 spiro atoms. The summed E-state index contributed by atoms with van der Waals surface area (Å²) in [5, 5.41) is 20.2. The van der Waals surface area contributed by atoms with Crippen LogP contribution in [0, 0.1) is 17.6 Å². The Morgan fingerprint density at radius 1 is 0.980 bits per heavy atom. The summed E-state index contributed by atoms with van der Waals surface area (Å²) < 4.78 is 32.6. The molecule has 10 nitrogen and oxygen atoms in total. The van der Waals surface area contributed by atoms with Crippen molar-refractivity contribution in [2.24, 2.45) is 5.92 Å². The smallest absolute Gasteiger partial charge is 0.337 e. The number of pyridine rings is 2. The number of nitrogens with zero attached hydrogens (tertiary/aromatic N) is 6. The molecule has 0 saturated heterocycles. The summed E-state index contributed by atoms with van der Waals surface area (Å²) in [7, 11) is 1.88. The molecule has 1 atom stereocenters. The quantitative estimate of drug-likeness (QED) is 0.180. The van der Waals surface area contributed by atoms with E-state index < -0.39 is 23.2 Å². The molecule has 0 bridgehead atoms. The number of phenolic OH excluding ortho intramolecular Hbond substituents is 1. The van der Waals surface area contributed by atoms with Gasteiger partial charge in [0.15, 0.2) is 5.65 Å². The van der Waals surface area contributed by atoms with Crippen molar-refractivity contribution >= 4 is 16.7 Å². The van der Waals surface area contributed by atoms with Crippen LogP contribution in [0.3, 0.4) is 0 Å². The number of benzene rings is 2. The van der Waals surface area contributed by atoms with Gasteiger partial charge in [-0.05, 0) is 118 Å². The lowest BCUT2D eigenvalue weighted by Gasteiger charge is -2.30. The molecule has 1 saturated carbocycles. The summed E-state index contributed by atoms with van der Waals surface area (Å²) in [5.74, 6) is -0.509. The number of aromatic nitrogens is 5. The second kappa shape index (κ2) is 14.2. The van der Waals surface area contributed by atoms with Gasteiger partial charge >= 0.3 is 5.69 Å². The highest BCUT2D eigenvalue weighted by atomic mass is 19.1. The highest BCUT2D eigenvalue weighted by Crippen LogP contribution is 2.34. The molecule has 0 aliphatic heterocycles. The summed E-state index contributed by atoms with van der Waals surface area (Å²) >= 11 is 0. The number of rotatable bonds is 10. The Hall–Kier alpha value is -5.20. The first-order valence-corrected chi connectivity index (χ1v) is 17.3. The maximum Gasteiger partial charge on any atom is 0.337 e. The van der Waals surface area contributed by atoms with E-state index in [9.17, 15) is 28.6 Å². The zero-order valence-electron chi connectivity index (χ0n) is 28.5. The lowest BCUT2D eigenvalue weighted by atomic mass is 9.83. The topological polar surface area (TPSA) is 118 Å². The van der Waals surface area contributed by atoms with Crippen LogP contribution in [0.2, 0.25) is 0 Å². The number of aromatic hydroxyl groups is 1. The Morgan fingerprint density at radius 3 is 2.57 bits per heavy atom. The van der Waals surface area contributed by atoms with Crippen molar-refractivity contribution in [2.45, 2.75) is 64.1 Å². The number of aliphatic hydroxyl groups excluding tert-OH is 1. The van der Waals surface area contributed by atoms with E-state index in [2.05, 4.69) is 9.97 Å². The van der Waals surface area contributed by atoms with Crippen molar-refractivity contribution in [1.82, 2.24) is 28.4 Å². The zero-order chi connectivity index (χ0) is 35.8. The Kier molecular flexibility index (Phi) is 9.54. The molecule has 0 amide bonds. The van der Waals surface area contributed by atoms with Gasteiger partial charge in [0.05, 0.1) is 29.1 Å². The largest absolute Gasteiger partial charge is 0.508 e. The average Bonchev–Trinajstić information content (AvgIpc) is 3.50. The standard InChI is InChI=1S/C39H40F2N6O4/c1-24(48)20-44(2)21-27-17-33(49)13-14-34(27)26-4-3-5-32(16-26)46-37-35(18-29(41)19-42-37)38(50)47(39(46)51)31-11-7-25(8-12-31)6-10-30-23-45-22-28(40)9-15-36(45)43-30/h3-5,9,13-19,22-25,31,48-49H,6-8,10-12,20-21H2,1-2H3/t24-,25?,31?/m0/s1. The molecule has 1 aliphatic rings. The van der Waals surface area contributed by atoms with Crippen LogP contribution in [0.1, 0.15) is 56.3 Å². The number of likely N-dealkylation sites (N-methyl/N-ethyl adjacent to an activating group) is 1.